The summed E-state index contributed by atoms with van der Waals surface area (Å²) in [7, 11) is -3.80. The van der Waals surface area contributed by atoms with E-state index < -0.39 is 10.0 Å². The Morgan fingerprint density at radius 2 is 1.43 bits per heavy atom. The minimum atomic E-state index is -3.80. The summed E-state index contributed by atoms with van der Waals surface area (Å²) < 4.78 is 39.4. The molecule has 0 bridgehead atoms. The predicted octanol–water partition coefficient (Wildman–Crippen LogP) is 4.68. The minimum absolute atomic E-state index is 0.0928. The van der Waals surface area contributed by atoms with E-state index in [-0.39, 0.29) is 4.90 Å². The van der Waals surface area contributed by atoms with Crippen molar-refractivity contribution in [3.05, 3.63) is 83.9 Å². The van der Waals surface area contributed by atoms with Gasteiger partial charge in [0, 0.05) is 17.2 Å². The molecule has 0 aliphatic rings. The van der Waals surface area contributed by atoms with Crippen molar-refractivity contribution in [2.24, 2.45) is 0 Å². The second kappa shape index (κ2) is 9.86. The van der Waals surface area contributed by atoms with Gasteiger partial charge >= 0.3 is 0 Å². The Bertz CT molecular complexity index is 1160. The molecule has 0 aliphatic carbocycles. The van der Waals surface area contributed by atoms with Crippen molar-refractivity contribution in [1.82, 2.24) is 0 Å². The average Bonchev–Trinajstić information content (AvgIpc) is 2.74. The van der Waals surface area contributed by atoms with Crippen LogP contribution in [0.15, 0.2) is 77.7 Å². The molecule has 0 aromatic heterocycles. The molecular weight excluding hydrogens is 398 g/mol. The van der Waals surface area contributed by atoms with Crippen LogP contribution in [0.5, 0.6) is 11.5 Å². The standard InChI is InChI=1S/C24H23NO4S/c1-3-28-23-16-15-22(18-24(23)29-4-2)30(26,27)25-21-12-8-11-20(17-21)14-13-19-9-6-5-7-10-19/h5-12,15-18,25H,3-4H2,1-2H3. The van der Waals surface area contributed by atoms with Crippen molar-refractivity contribution in [1.29, 1.82) is 0 Å². The topological polar surface area (TPSA) is 64.6 Å². The fraction of sp³-hybridized carbons (Fsp3) is 0.167. The first-order valence-corrected chi connectivity index (χ1v) is 11.1. The highest BCUT2D eigenvalue weighted by Gasteiger charge is 2.17. The SMILES string of the molecule is CCOc1ccc(S(=O)(=O)Nc2cccc(C#Cc3ccccc3)c2)cc1OCC. The van der Waals surface area contributed by atoms with Crippen LogP contribution >= 0.6 is 0 Å². The van der Waals surface area contributed by atoms with E-state index in [1.54, 1.807) is 24.3 Å². The van der Waals surface area contributed by atoms with Gasteiger partial charge in [-0.2, -0.15) is 0 Å². The highest BCUT2D eigenvalue weighted by Crippen LogP contribution is 2.31. The van der Waals surface area contributed by atoms with E-state index >= 15 is 0 Å². The highest BCUT2D eigenvalue weighted by atomic mass is 32.2. The number of anilines is 1. The maximum Gasteiger partial charge on any atom is 0.262 e. The van der Waals surface area contributed by atoms with Crippen LogP contribution in [0.4, 0.5) is 5.69 Å². The van der Waals surface area contributed by atoms with Gasteiger partial charge in [0.1, 0.15) is 0 Å². The van der Waals surface area contributed by atoms with Gasteiger partial charge in [0.25, 0.3) is 10.0 Å². The number of rotatable bonds is 7. The molecule has 0 spiro atoms. The Balaban J connectivity index is 1.83. The quantitative estimate of drug-likeness (QED) is 0.563. The molecule has 0 saturated carbocycles. The molecule has 6 heteroatoms. The molecular formula is C24H23NO4S. The van der Waals surface area contributed by atoms with Gasteiger partial charge in [0.15, 0.2) is 11.5 Å². The molecule has 0 heterocycles. The summed E-state index contributed by atoms with van der Waals surface area (Å²) in [5.74, 6) is 7.02. The van der Waals surface area contributed by atoms with Crippen molar-refractivity contribution in [2.45, 2.75) is 18.7 Å². The Labute approximate surface area is 177 Å². The maximum atomic E-state index is 12.9. The molecule has 5 nitrogen and oxygen atoms in total. The highest BCUT2D eigenvalue weighted by molar-refractivity contribution is 7.92. The summed E-state index contributed by atoms with van der Waals surface area (Å²) in [5.41, 5.74) is 2.03. The summed E-state index contributed by atoms with van der Waals surface area (Å²) in [4.78, 5) is 0.0928. The fourth-order valence-corrected chi connectivity index (χ4v) is 3.80. The lowest BCUT2D eigenvalue weighted by atomic mass is 10.2. The molecule has 0 atom stereocenters. The summed E-state index contributed by atoms with van der Waals surface area (Å²) in [6.45, 7) is 4.55. The summed E-state index contributed by atoms with van der Waals surface area (Å²) in [6, 6.07) is 21.1. The van der Waals surface area contributed by atoms with Crippen LogP contribution in [0, 0.1) is 11.8 Å². The van der Waals surface area contributed by atoms with Crippen molar-refractivity contribution in [2.75, 3.05) is 17.9 Å². The van der Waals surface area contributed by atoms with Gasteiger partial charge in [-0.15, -0.1) is 0 Å². The smallest absolute Gasteiger partial charge is 0.262 e. The molecule has 3 aromatic carbocycles. The third kappa shape index (κ3) is 5.56. The summed E-state index contributed by atoms with van der Waals surface area (Å²) in [5, 5.41) is 0. The van der Waals surface area contributed by atoms with Crippen LogP contribution in [0.3, 0.4) is 0 Å². The Hall–Kier alpha value is -3.43. The molecule has 154 valence electrons. The maximum absolute atomic E-state index is 12.9. The lowest BCUT2D eigenvalue weighted by Gasteiger charge is -2.13. The molecule has 0 radical (unpaired) electrons. The van der Waals surface area contributed by atoms with E-state index in [9.17, 15) is 8.42 Å². The van der Waals surface area contributed by atoms with Crippen LogP contribution in [-0.4, -0.2) is 21.6 Å². The molecule has 0 amide bonds. The van der Waals surface area contributed by atoms with Gasteiger partial charge in [-0.3, -0.25) is 4.72 Å². The average molecular weight is 422 g/mol. The van der Waals surface area contributed by atoms with Gasteiger partial charge in [-0.25, -0.2) is 8.42 Å². The third-order valence-corrected chi connectivity index (χ3v) is 5.44. The number of sulfonamides is 1. The Kier molecular flexibility index (Phi) is 6.99. The molecule has 3 rings (SSSR count). The normalized spacial score (nSPS) is 10.6. The Morgan fingerprint density at radius 1 is 0.767 bits per heavy atom. The largest absolute Gasteiger partial charge is 0.490 e. The van der Waals surface area contributed by atoms with Crippen LogP contribution in [-0.2, 0) is 10.0 Å². The molecule has 0 aliphatic heterocycles. The van der Waals surface area contributed by atoms with Crippen LogP contribution < -0.4 is 14.2 Å². The number of nitrogens with one attached hydrogen (secondary N) is 1. The van der Waals surface area contributed by atoms with E-state index in [0.29, 0.717) is 36.0 Å². The zero-order valence-corrected chi connectivity index (χ0v) is 17.7. The second-order valence-electron chi connectivity index (χ2n) is 6.28. The monoisotopic (exact) mass is 421 g/mol. The van der Waals surface area contributed by atoms with Crippen LogP contribution in [0.25, 0.3) is 0 Å². The minimum Gasteiger partial charge on any atom is -0.490 e. The van der Waals surface area contributed by atoms with E-state index in [4.69, 9.17) is 9.47 Å². The first-order valence-electron chi connectivity index (χ1n) is 9.61. The van der Waals surface area contributed by atoms with Gasteiger partial charge < -0.3 is 9.47 Å². The third-order valence-electron chi connectivity index (χ3n) is 4.06. The molecule has 0 saturated heterocycles. The van der Waals surface area contributed by atoms with Crippen molar-refractivity contribution < 1.29 is 17.9 Å². The van der Waals surface area contributed by atoms with E-state index in [1.165, 1.54) is 12.1 Å². The van der Waals surface area contributed by atoms with Crippen LogP contribution in [0.1, 0.15) is 25.0 Å². The van der Waals surface area contributed by atoms with Crippen molar-refractivity contribution >= 4 is 15.7 Å². The summed E-state index contributed by atoms with van der Waals surface area (Å²) in [6.07, 6.45) is 0. The zero-order valence-electron chi connectivity index (χ0n) is 16.9. The first-order chi connectivity index (χ1) is 14.5. The van der Waals surface area contributed by atoms with Gasteiger partial charge in [-0.05, 0) is 56.3 Å². The van der Waals surface area contributed by atoms with Crippen molar-refractivity contribution in [3.8, 4) is 23.3 Å². The van der Waals surface area contributed by atoms with Crippen molar-refractivity contribution in [3.63, 3.8) is 0 Å². The fourth-order valence-electron chi connectivity index (χ4n) is 2.74. The number of hydrogen-bond donors (Lipinski definition) is 1. The van der Waals surface area contributed by atoms with E-state index in [2.05, 4.69) is 16.6 Å². The van der Waals surface area contributed by atoms with Gasteiger partial charge in [0.05, 0.1) is 23.8 Å². The molecule has 0 fully saturated rings. The zero-order chi connectivity index (χ0) is 21.4. The first kappa shape index (κ1) is 21.3. The van der Waals surface area contributed by atoms with Gasteiger partial charge in [-0.1, -0.05) is 36.1 Å². The van der Waals surface area contributed by atoms with Crippen LogP contribution in [0.2, 0.25) is 0 Å². The molecule has 3 aromatic rings. The second-order valence-corrected chi connectivity index (χ2v) is 7.96. The number of benzene rings is 3. The molecule has 30 heavy (non-hydrogen) atoms. The number of ether oxygens (including phenoxy) is 2. The molecule has 1 N–H and O–H groups in total. The lowest BCUT2D eigenvalue weighted by Crippen LogP contribution is -2.13. The predicted molar refractivity (Wildman–Crippen MR) is 118 cm³/mol. The van der Waals surface area contributed by atoms with E-state index in [1.807, 2.05) is 50.2 Å². The number of hydrogen-bond acceptors (Lipinski definition) is 4. The summed E-state index contributed by atoms with van der Waals surface area (Å²) >= 11 is 0. The Morgan fingerprint density at radius 3 is 2.17 bits per heavy atom. The van der Waals surface area contributed by atoms with Gasteiger partial charge in [0.2, 0.25) is 0 Å². The molecule has 0 unspecified atom stereocenters. The lowest BCUT2D eigenvalue weighted by molar-refractivity contribution is 0.287. The van der Waals surface area contributed by atoms with E-state index in [0.717, 1.165) is 5.56 Å².